The lowest BCUT2D eigenvalue weighted by Crippen LogP contribution is -2.19. The smallest absolute Gasteiger partial charge is 0.161 e. The number of fused-ring (bicyclic) bond motifs is 1. The second-order valence-corrected chi connectivity index (χ2v) is 5.43. The van der Waals surface area contributed by atoms with Gasteiger partial charge in [0, 0.05) is 23.1 Å². The van der Waals surface area contributed by atoms with Crippen molar-refractivity contribution in [2.45, 2.75) is 19.3 Å². The molecule has 2 aromatic rings. The molecule has 1 atom stereocenters. The van der Waals surface area contributed by atoms with Crippen LogP contribution in [0.1, 0.15) is 25.1 Å². The Morgan fingerprint density at radius 2 is 2.35 bits per heavy atom. The van der Waals surface area contributed by atoms with Gasteiger partial charge in [0.05, 0.1) is 0 Å². The monoisotopic (exact) mass is 294 g/mol. The third kappa shape index (κ3) is 1.98. The van der Waals surface area contributed by atoms with Crippen LogP contribution in [0.25, 0.3) is 5.65 Å². The summed E-state index contributed by atoms with van der Waals surface area (Å²) in [5, 5.41) is 8.59. The highest BCUT2D eigenvalue weighted by Crippen LogP contribution is 2.26. The van der Waals surface area contributed by atoms with Crippen LogP contribution in [0.3, 0.4) is 0 Å². The van der Waals surface area contributed by atoms with Crippen LogP contribution in [-0.2, 0) is 0 Å². The molecule has 0 aromatic carbocycles. The maximum Gasteiger partial charge on any atom is 0.161 e. The highest BCUT2D eigenvalue weighted by Gasteiger charge is 2.26. The maximum absolute atomic E-state index is 4.35. The summed E-state index contributed by atoms with van der Waals surface area (Å²) in [6.07, 6.45) is 3.23. The predicted molar refractivity (Wildman–Crippen MR) is 70.2 cm³/mol. The van der Waals surface area contributed by atoms with Gasteiger partial charge in [-0.25, -0.2) is 0 Å². The Labute approximate surface area is 109 Å². The van der Waals surface area contributed by atoms with Crippen LogP contribution in [0.4, 0.5) is 0 Å². The van der Waals surface area contributed by atoms with E-state index in [9.17, 15) is 0 Å². The summed E-state index contributed by atoms with van der Waals surface area (Å²) >= 11 is 3.46. The molecular weight excluding hydrogens is 280 g/mol. The number of hydrogen-bond donors (Lipinski definition) is 0. The van der Waals surface area contributed by atoms with Crippen molar-refractivity contribution in [2.75, 3.05) is 19.6 Å². The first-order chi connectivity index (χ1) is 8.28. The average molecular weight is 295 g/mol. The number of rotatable bonds is 2. The molecule has 3 heterocycles. The maximum atomic E-state index is 4.35. The molecule has 2 aromatic heterocycles. The Morgan fingerprint density at radius 1 is 1.47 bits per heavy atom. The van der Waals surface area contributed by atoms with Crippen molar-refractivity contribution in [3.8, 4) is 0 Å². The Morgan fingerprint density at radius 3 is 3.12 bits per heavy atom. The van der Waals surface area contributed by atoms with E-state index in [-0.39, 0.29) is 0 Å². The average Bonchev–Trinajstić information content (AvgIpc) is 2.93. The van der Waals surface area contributed by atoms with Gasteiger partial charge in [-0.1, -0.05) is 22.9 Å². The largest absolute Gasteiger partial charge is 0.303 e. The van der Waals surface area contributed by atoms with Gasteiger partial charge in [0.1, 0.15) is 5.82 Å². The normalized spacial score (nSPS) is 21.4. The molecule has 90 valence electrons. The molecule has 3 rings (SSSR count). The quantitative estimate of drug-likeness (QED) is 0.852. The second kappa shape index (κ2) is 4.38. The highest BCUT2D eigenvalue weighted by molar-refractivity contribution is 9.10. The molecule has 1 fully saturated rings. The lowest BCUT2D eigenvalue weighted by molar-refractivity contribution is 0.352. The zero-order valence-electron chi connectivity index (χ0n) is 9.80. The zero-order chi connectivity index (χ0) is 11.8. The van der Waals surface area contributed by atoms with E-state index in [0.29, 0.717) is 5.92 Å². The van der Waals surface area contributed by atoms with Crippen molar-refractivity contribution in [1.29, 1.82) is 0 Å². The Balaban J connectivity index is 1.96. The first-order valence-corrected chi connectivity index (χ1v) is 6.79. The van der Waals surface area contributed by atoms with Gasteiger partial charge >= 0.3 is 0 Å². The summed E-state index contributed by atoms with van der Waals surface area (Å²) in [6, 6.07) is 4.04. The zero-order valence-corrected chi connectivity index (χ0v) is 11.4. The fourth-order valence-corrected chi connectivity index (χ4v) is 2.82. The number of nitrogens with zero attached hydrogens (tertiary/aromatic N) is 4. The van der Waals surface area contributed by atoms with Crippen molar-refractivity contribution >= 4 is 21.6 Å². The van der Waals surface area contributed by atoms with Gasteiger partial charge in [-0.2, -0.15) is 0 Å². The lowest BCUT2D eigenvalue weighted by atomic mass is 10.1. The fourth-order valence-electron chi connectivity index (χ4n) is 2.49. The van der Waals surface area contributed by atoms with Gasteiger partial charge in [0.2, 0.25) is 0 Å². The van der Waals surface area contributed by atoms with E-state index in [1.807, 2.05) is 18.3 Å². The minimum absolute atomic E-state index is 0.520. The molecule has 0 spiro atoms. The Hall–Kier alpha value is -0.940. The van der Waals surface area contributed by atoms with Gasteiger partial charge in [-0.3, -0.25) is 4.40 Å². The molecule has 0 aliphatic carbocycles. The van der Waals surface area contributed by atoms with Crippen molar-refractivity contribution in [1.82, 2.24) is 19.5 Å². The van der Waals surface area contributed by atoms with E-state index in [0.717, 1.165) is 29.0 Å². The van der Waals surface area contributed by atoms with Gasteiger partial charge in [-0.15, -0.1) is 10.2 Å². The molecule has 1 unspecified atom stereocenters. The predicted octanol–water partition coefficient (Wildman–Crippen LogP) is 2.30. The molecule has 0 N–H and O–H groups in total. The van der Waals surface area contributed by atoms with E-state index in [4.69, 9.17) is 0 Å². The van der Waals surface area contributed by atoms with Crippen LogP contribution in [0, 0.1) is 0 Å². The minimum atomic E-state index is 0.520. The third-order valence-electron chi connectivity index (χ3n) is 3.48. The van der Waals surface area contributed by atoms with Crippen molar-refractivity contribution in [3.63, 3.8) is 0 Å². The van der Waals surface area contributed by atoms with Crippen molar-refractivity contribution in [2.24, 2.45) is 0 Å². The summed E-state index contributed by atoms with van der Waals surface area (Å²) in [7, 11) is 0. The molecule has 5 heteroatoms. The second-order valence-electron chi connectivity index (χ2n) is 4.51. The number of likely N-dealkylation sites (N-methyl/N-ethyl adjacent to an activating group) is 1. The molecule has 4 nitrogen and oxygen atoms in total. The molecule has 0 amide bonds. The molecule has 17 heavy (non-hydrogen) atoms. The van der Waals surface area contributed by atoms with Gasteiger partial charge in [-0.05, 0) is 31.6 Å². The van der Waals surface area contributed by atoms with Crippen LogP contribution in [-0.4, -0.2) is 39.1 Å². The van der Waals surface area contributed by atoms with E-state index in [1.165, 1.54) is 13.0 Å². The molecular formula is C12H15BrN4. The minimum Gasteiger partial charge on any atom is -0.303 e. The van der Waals surface area contributed by atoms with Crippen LogP contribution in [0.5, 0.6) is 0 Å². The first kappa shape index (κ1) is 11.2. The van der Waals surface area contributed by atoms with Gasteiger partial charge in [0.25, 0.3) is 0 Å². The van der Waals surface area contributed by atoms with E-state index < -0.39 is 0 Å². The molecule has 0 radical (unpaired) electrons. The topological polar surface area (TPSA) is 33.4 Å². The fraction of sp³-hybridized carbons (Fsp3) is 0.500. The van der Waals surface area contributed by atoms with Gasteiger partial charge < -0.3 is 4.90 Å². The summed E-state index contributed by atoms with van der Waals surface area (Å²) in [6.45, 7) is 5.61. The van der Waals surface area contributed by atoms with Crippen LogP contribution < -0.4 is 0 Å². The van der Waals surface area contributed by atoms with Crippen molar-refractivity contribution in [3.05, 3.63) is 28.6 Å². The summed E-state index contributed by atoms with van der Waals surface area (Å²) in [4.78, 5) is 2.46. The van der Waals surface area contributed by atoms with Crippen LogP contribution >= 0.6 is 15.9 Å². The Kier molecular flexibility index (Phi) is 2.88. The van der Waals surface area contributed by atoms with E-state index in [2.05, 4.69) is 42.4 Å². The molecule has 0 bridgehead atoms. The highest BCUT2D eigenvalue weighted by atomic mass is 79.9. The summed E-state index contributed by atoms with van der Waals surface area (Å²) in [5.41, 5.74) is 0.921. The summed E-state index contributed by atoms with van der Waals surface area (Å²) < 4.78 is 3.15. The van der Waals surface area contributed by atoms with Gasteiger partial charge in [0.15, 0.2) is 5.65 Å². The lowest BCUT2D eigenvalue weighted by Gasteiger charge is -2.11. The number of pyridine rings is 1. The van der Waals surface area contributed by atoms with Crippen LogP contribution in [0.2, 0.25) is 0 Å². The number of aromatic nitrogens is 3. The van der Waals surface area contributed by atoms with E-state index >= 15 is 0 Å². The van der Waals surface area contributed by atoms with E-state index in [1.54, 1.807) is 0 Å². The first-order valence-electron chi connectivity index (χ1n) is 6.00. The number of halogens is 1. The molecule has 1 aliphatic rings. The Bertz CT molecular complexity index is 536. The number of likely N-dealkylation sites (tertiary alicyclic amines) is 1. The van der Waals surface area contributed by atoms with Crippen molar-refractivity contribution < 1.29 is 0 Å². The standard InChI is InChI=1S/C12H15BrN4/c1-2-16-5-3-9(8-16)12-15-14-11-7-10(13)4-6-17(11)12/h4,6-7,9H,2-3,5,8H2,1H3. The number of hydrogen-bond acceptors (Lipinski definition) is 3. The van der Waals surface area contributed by atoms with Crippen LogP contribution in [0.15, 0.2) is 22.8 Å². The SMILES string of the molecule is CCN1CCC(c2nnc3cc(Br)ccn23)C1. The molecule has 1 saturated heterocycles. The third-order valence-corrected chi connectivity index (χ3v) is 3.98. The molecule has 1 aliphatic heterocycles. The summed E-state index contributed by atoms with van der Waals surface area (Å²) in [5.74, 6) is 1.62. The molecule has 0 saturated carbocycles.